The van der Waals surface area contributed by atoms with Gasteiger partial charge in [-0.2, -0.15) is 0 Å². The Bertz CT molecular complexity index is 389. The summed E-state index contributed by atoms with van der Waals surface area (Å²) < 4.78 is 5.38. The summed E-state index contributed by atoms with van der Waals surface area (Å²) in [6.45, 7) is 1.31. The number of nitrogens with zero attached hydrogens (tertiary/aromatic N) is 1. The zero-order chi connectivity index (χ0) is 12.3. The molecule has 5 heteroatoms. The molecule has 0 spiro atoms. The second kappa shape index (κ2) is 5.33. The lowest BCUT2D eigenvalue weighted by atomic mass is 10.1. The second-order valence-corrected chi connectivity index (χ2v) is 4.42. The van der Waals surface area contributed by atoms with Crippen LogP contribution in [-0.4, -0.2) is 35.5 Å². The first kappa shape index (κ1) is 12.1. The maximum absolute atomic E-state index is 11.3. The molecule has 1 saturated heterocycles. The summed E-state index contributed by atoms with van der Waals surface area (Å²) >= 11 is 0. The zero-order valence-corrected chi connectivity index (χ0v) is 9.98. The number of carbonyl (C=O) groups is 1. The molecule has 1 aliphatic heterocycles. The Morgan fingerprint density at radius 3 is 2.94 bits per heavy atom. The summed E-state index contributed by atoms with van der Waals surface area (Å²) in [5.41, 5.74) is 0. The Morgan fingerprint density at radius 2 is 2.29 bits per heavy atom. The van der Waals surface area contributed by atoms with Crippen LogP contribution >= 0.6 is 0 Å². The maximum Gasteiger partial charge on any atom is 0.222 e. The average Bonchev–Trinajstić information content (AvgIpc) is 2.79. The number of likely N-dealkylation sites (tertiary alicyclic amines) is 1. The van der Waals surface area contributed by atoms with Gasteiger partial charge < -0.3 is 19.7 Å². The normalized spacial score (nSPS) is 20.9. The highest BCUT2D eigenvalue weighted by Gasteiger charge is 2.22. The summed E-state index contributed by atoms with van der Waals surface area (Å²) in [5.74, 6) is 1.61. The van der Waals surface area contributed by atoms with Crippen LogP contribution in [0.3, 0.4) is 0 Å². The van der Waals surface area contributed by atoms with Crippen molar-refractivity contribution in [3.63, 3.8) is 0 Å². The van der Waals surface area contributed by atoms with Gasteiger partial charge in [-0.05, 0) is 18.6 Å². The monoisotopic (exact) mass is 238 g/mol. The van der Waals surface area contributed by atoms with Crippen LogP contribution in [0.15, 0.2) is 16.5 Å². The fourth-order valence-electron chi connectivity index (χ4n) is 2.03. The third kappa shape index (κ3) is 3.08. The lowest BCUT2D eigenvalue weighted by Gasteiger charge is -2.30. The summed E-state index contributed by atoms with van der Waals surface area (Å²) in [6, 6.07) is 3.95. The minimum atomic E-state index is -0.0688. The van der Waals surface area contributed by atoms with Gasteiger partial charge in [-0.15, -0.1) is 0 Å². The van der Waals surface area contributed by atoms with Gasteiger partial charge >= 0.3 is 0 Å². The minimum absolute atomic E-state index is 0.0688. The molecule has 5 nitrogen and oxygen atoms in total. The molecule has 1 amide bonds. The van der Waals surface area contributed by atoms with Crippen LogP contribution in [0.2, 0.25) is 0 Å². The van der Waals surface area contributed by atoms with Gasteiger partial charge in [-0.25, -0.2) is 0 Å². The number of piperidine rings is 1. The minimum Gasteiger partial charge on any atom is -0.462 e. The quantitative estimate of drug-likeness (QED) is 0.801. The number of aliphatic hydroxyl groups excluding tert-OH is 1. The maximum atomic E-state index is 11.3. The fourth-order valence-corrected chi connectivity index (χ4v) is 2.03. The molecular formula is C12H18N2O3. The summed E-state index contributed by atoms with van der Waals surface area (Å²) in [5, 5.41) is 12.2. The van der Waals surface area contributed by atoms with Gasteiger partial charge in [0, 0.05) is 26.1 Å². The van der Waals surface area contributed by atoms with Crippen LogP contribution in [0, 0.1) is 0 Å². The molecule has 94 valence electrons. The van der Waals surface area contributed by atoms with Crippen LogP contribution in [0.5, 0.6) is 0 Å². The molecule has 1 aromatic rings. The third-order valence-corrected chi connectivity index (χ3v) is 3.06. The highest BCUT2D eigenvalue weighted by atomic mass is 16.4. The smallest absolute Gasteiger partial charge is 0.222 e. The van der Waals surface area contributed by atoms with Crippen molar-refractivity contribution >= 4 is 5.91 Å². The van der Waals surface area contributed by atoms with Crippen molar-refractivity contribution in [2.24, 2.45) is 0 Å². The van der Waals surface area contributed by atoms with Gasteiger partial charge in [0.2, 0.25) is 5.91 Å². The zero-order valence-electron chi connectivity index (χ0n) is 9.98. The standard InChI is InChI=1S/C12H18N2O3/c1-14-7-9(2-5-12(14)16)13-6-10-3-4-11(8-15)17-10/h3-4,9,13,15H,2,5-8H2,1H3. The molecule has 0 bridgehead atoms. The lowest BCUT2D eigenvalue weighted by Crippen LogP contribution is -2.46. The number of hydrogen-bond acceptors (Lipinski definition) is 4. The van der Waals surface area contributed by atoms with Crippen LogP contribution in [0.1, 0.15) is 24.4 Å². The van der Waals surface area contributed by atoms with Crippen molar-refractivity contribution in [3.05, 3.63) is 23.7 Å². The van der Waals surface area contributed by atoms with E-state index in [0.29, 0.717) is 24.8 Å². The number of hydrogen-bond donors (Lipinski definition) is 2. The van der Waals surface area contributed by atoms with Crippen molar-refractivity contribution in [3.8, 4) is 0 Å². The molecule has 1 unspecified atom stereocenters. The van der Waals surface area contributed by atoms with Crippen molar-refractivity contribution < 1.29 is 14.3 Å². The van der Waals surface area contributed by atoms with Crippen molar-refractivity contribution in [1.29, 1.82) is 0 Å². The Kier molecular flexibility index (Phi) is 3.81. The third-order valence-electron chi connectivity index (χ3n) is 3.06. The van der Waals surface area contributed by atoms with Gasteiger partial charge in [0.05, 0.1) is 6.54 Å². The summed E-state index contributed by atoms with van der Waals surface area (Å²) in [6.07, 6.45) is 1.48. The van der Waals surface area contributed by atoms with E-state index < -0.39 is 0 Å². The largest absolute Gasteiger partial charge is 0.462 e. The molecule has 1 fully saturated rings. The fraction of sp³-hybridized carbons (Fsp3) is 0.583. The molecule has 2 rings (SSSR count). The molecular weight excluding hydrogens is 220 g/mol. The SMILES string of the molecule is CN1CC(NCc2ccc(CO)o2)CCC1=O. The van der Waals surface area contributed by atoms with Gasteiger partial charge in [0.1, 0.15) is 18.1 Å². The van der Waals surface area contributed by atoms with E-state index in [1.54, 1.807) is 11.0 Å². The first-order chi connectivity index (χ1) is 8.19. The first-order valence-corrected chi connectivity index (χ1v) is 5.85. The Labute approximate surface area is 100 Å². The van der Waals surface area contributed by atoms with Gasteiger partial charge in [0.15, 0.2) is 0 Å². The number of aliphatic hydroxyl groups is 1. The number of rotatable bonds is 4. The van der Waals surface area contributed by atoms with Gasteiger partial charge in [-0.1, -0.05) is 0 Å². The van der Waals surface area contributed by atoms with E-state index in [1.165, 1.54) is 0 Å². The van der Waals surface area contributed by atoms with Crippen LogP contribution in [0.25, 0.3) is 0 Å². The topological polar surface area (TPSA) is 65.7 Å². The molecule has 1 aromatic heterocycles. The van der Waals surface area contributed by atoms with Crippen molar-refractivity contribution in [2.45, 2.75) is 32.0 Å². The molecule has 0 aromatic carbocycles. The second-order valence-electron chi connectivity index (χ2n) is 4.42. The van der Waals surface area contributed by atoms with E-state index in [2.05, 4.69) is 5.32 Å². The summed E-state index contributed by atoms with van der Waals surface area (Å²) in [7, 11) is 1.83. The molecule has 0 saturated carbocycles. The Balaban J connectivity index is 1.80. The van der Waals surface area contributed by atoms with Crippen LogP contribution in [-0.2, 0) is 17.9 Å². The molecule has 2 heterocycles. The lowest BCUT2D eigenvalue weighted by molar-refractivity contribution is -0.132. The number of likely N-dealkylation sites (N-methyl/N-ethyl adjacent to an activating group) is 1. The number of carbonyl (C=O) groups excluding carboxylic acids is 1. The first-order valence-electron chi connectivity index (χ1n) is 5.85. The molecule has 2 N–H and O–H groups in total. The number of amides is 1. The van der Waals surface area contributed by atoms with E-state index in [1.807, 2.05) is 13.1 Å². The van der Waals surface area contributed by atoms with Crippen molar-refractivity contribution in [2.75, 3.05) is 13.6 Å². The number of nitrogens with one attached hydrogen (secondary N) is 1. The molecule has 0 aliphatic carbocycles. The molecule has 1 atom stereocenters. The van der Waals surface area contributed by atoms with Crippen LogP contribution in [0.4, 0.5) is 0 Å². The predicted octanol–water partition coefficient (Wildman–Crippen LogP) is 0.482. The Morgan fingerprint density at radius 1 is 1.53 bits per heavy atom. The average molecular weight is 238 g/mol. The Hall–Kier alpha value is -1.33. The van der Waals surface area contributed by atoms with E-state index >= 15 is 0 Å². The summed E-state index contributed by atoms with van der Waals surface area (Å²) in [4.78, 5) is 13.1. The predicted molar refractivity (Wildman–Crippen MR) is 62.1 cm³/mol. The van der Waals surface area contributed by atoms with E-state index in [0.717, 1.165) is 18.7 Å². The molecule has 1 aliphatic rings. The molecule has 17 heavy (non-hydrogen) atoms. The van der Waals surface area contributed by atoms with Crippen LogP contribution < -0.4 is 5.32 Å². The van der Waals surface area contributed by atoms with Gasteiger partial charge in [-0.3, -0.25) is 4.79 Å². The van der Waals surface area contributed by atoms with E-state index in [9.17, 15) is 4.79 Å². The highest BCUT2D eigenvalue weighted by Crippen LogP contribution is 2.12. The van der Waals surface area contributed by atoms with E-state index in [-0.39, 0.29) is 12.5 Å². The molecule has 0 radical (unpaired) electrons. The number of furan rings is 1. The van der Waals surface area contributed by atoms with E-state index in [4.69, 9.17) is 9.52 Å². The van der Waals surface area contributed by atoms with Crippen molar-refractivity contribution in [1.82, 2.24) is 10.2 Å². The highest BCUT2D eigenvalue weighted by molar-refractivity contribution is 5.76. The van der Waals surface area contributed by atoms with Gasteiger partial charge in [0.25, 0.3) is 0 Å².